The van der Waals surface area contributed by atoms with Crippen LogP contribution in [0.25, 0.3) is 0 Å². The van der Waals surface area contributed by atoms with E-state index in [2.05, 4.69) is 26.8 Å². The van der Waals surface area contributed by atoms with Crippen molar-refractivity contribution < 1.29 is 9.53 Å². The molecule has 2 heterocycles. The van der Waals surface area contributed by atoms with Crippen molar-refractivity contribution in [1.29, 1.82) is 0 Å². The van der Waals surface area contributed by atoms with E-state index in [-0.39, 0.29) is 5.88 Å². The van der Waals surface area contributed by atoms with Crippen LogP contribution in [0.15, 0.2) is 25.0 Å². The van der Waals surface area contributed by atoms with Gasteiger partial charge in [-0.2, -0.15) is 0 Å². The summed E-state index contributed by atoms with van der Waals surface area (Å²) in [6.45, 7) is 6.77. The van der Waals surface area contributed by atoms with Crippen molar-refractivity contribution >= 4 is 11.8 Å². The first-order chi connectivity index (χ1) is 12.2. The first kappa shape index (κ1) is 17.9. The maximum atomic E-state index is 11.1. The third kappa shape index (κ3) is 5.53. The lowest BCUT2D eigenvalue weighted by Crippen LogP contribution is -2.28. The molecule has 1 N–H and O–H groups in total. The number of hydrogen-bond acceptors (Lipinski definition) is 6. The Labute approximate surface area is 149 Å². The van der Waals surface area contributed by atoms with E-state index in [0.29, 0.717) is 6.04 Å². The zero-order valence-electron chi connectivity index (χ0n) is 14.8. The summed E-state index contributed by atoms with van der Waals surface area (Å²) in [6, 6.07) is 0.405. The van der Waals surface area contributed by atoms with Gasteiger partial charge in [0.05, 0.1) is 12.4 Å². The van der Waals surface area contributed by atoms with Crippen LogP contribution < -0.4 is 10.1 Å². The molecule has 1 aliphatic heterocycles. The normalized spacial score (nSPS) is 21.8. The van der Waals surface area contributed by atoms with Crippen molar-refractivity contribution in [3.63, 3.8) is 0 Å². The molecule has 1 saturated carbocycles. The fourth-order valence-electron chi connectivity index (χ4n) is 3.79. The molecule has 3 rings (SSSR count). The predicted molar refractivity (Wildman–Crippen MR) is 97.5 cm³/mol. The van der Waals surface area contributed by atoms with Gasteiger partial charge in [0.15, 0.2) is 0 Å². The number of esters is 1. The van der Waals surface area contributed by atoms with E-state index in [1.807, 2.05) is 0 Å². The van der Waals surface area contributed by atoms with E-state index in [9.17, 15) is 4.79 Å². The summed E-state index contributed by atoms with van der Waals surface area (Å²) in [5.74, 6) is 1.32. The zero-order chi connectivity index (χ0) is 17.5. The van der Waals surface area contributed by atoms with E-state index in [1.165, 1.54) is 51.3 Å². The highest BCUT2D eigenvalue weighted by Crippen LogP contribution is 2.27. The predicted octanol–water partition coefficient (Wildman–Crippen LogP) is 3.02. The summed E-state index contributed by atoms with van der Waals surface area (Å²) in [5, 5.41) is 3.43. The Morgan fingerprint density at radius 1 is 1.28 bits per heavy atom. The van der Waals surface area contributed by atoms with Crippen LogP contribution in [-0.4, -0.2) is 46.5 Å². The average Bonchev–Trinajstić information content (AvgIpc) is 3.10. The van der Waals surface area contributed by atoms with Crippen molar-refractivity contribution in [2.75, 3.05) is 25.0 Å². The number of hydrogen-bond donors (Lipinski definition) is 1. The molecule has 2 fully saturated rings. The molecule has 1 saturated heterocycles. The fraction of sp³-hybridized carbons (Fsp3) is 0.632. The summed E-state index contributed by atoms with van der Waals surface area (Å²) in [5.41, 5.74) is 0. The van der Waals surface area contributed by atoms with Gasteiger partial charge in [-0.3, -0.25) is 0 Å². The number of anilines is 1. The molecule has 1 atom stereocenters. The highest BCUT2D eigenvalue weighted by Gasteiger charge is 2.23. The van der Waals surface area contributed by atoms with Crippen LogP contribution in [0, 0.1) is 5.92 Å². The number of likely N-dealkylation sites (tertiary alicyclic amines) is 1. The SMILES string of the molecule is C=CC(=O)Oc1cnc(NC2CCN(CCC3CCCCC3)C2)cn1. The molecule has 1 aromatic rings. The molecule has 0 amide bonds. The zero-order valence-corrected chi connectivity index (χ0v) is 14.8. The van der Waals surface area contributed by atoms with Crippen LogP contribution in [-0.2, 0) is 4.79 Å². The second-order valence-corrected chi connectivity index (χ2v) is 7.09. The molecule has 6 nitrogen and oxygen atoms in total. The first-order valence-corrected chi connectivity index (χ1v) is 9.38. The molecule has 0 bridgehead atoms. The third-order valence-corrected chi connectivity index (χ3v) is 5.20. The second kappa shape index (κ2) is 8.94. The van der Waals surface area contributed by atoms with Gasteiger partial charge in [0.1, 0.15) is 5.82 Å². The highest BCUT2D eigenvalue weighted by molar-refractivity contribution is 5.83. The summed E-state index contributed by atoms with van der Waals surface area (Å²) in [6.07, 6.45) is 13.8. The number of aromatic nitrogens is 2. The first-order valence-electron chi connectivity index (χ1n) is 9.38. The van der Waals surface area contributed by atoms with Gasteiger partial charge in [0.25, 0.3) is 0 Å². The van der Waals surface area contributed by atoms with Gasteiger partial charge in [-0.25, -0.2) is 14.8 Å². The summed E-state index contributed by atoms with van der Waals surface area (Å²) in [7, 11) is 0. The minimum Gasteiger partial charge on any atom is -0.403 e. The molecule has 25 heavy (non-hydrogen) atoms. The summed E-state index contributed by atoms with van der Waals surface area (Å²) in [4.78, 5) is 22.0. The standard InChI is InChI=1S/C19H28N4O2/c1-2-19(24)25-18-13-20-17(12-21-18)22-16-9-11-23(14-16)10-8-15-6-4-3-5-7-15/h2,12-13,15-16H,1,3-11,14H2,(H,20,22). The minimum absolute atomic E-state index is 0.191. The molecular formula is C19H28N4O2. The average molecular weight is 344 g/mol. The maximum absolute atomic E-state index is 11.1. The number of nitrogens with zero attached hydrogens (tertiary/aromatic N) is 3. The van der Waals surface area contributed by atoms with Crippen molar-refractivity contribution in [2.24, 2.45) is 5.92 Å². The van der Waals surface area contributed by atoms with E-state index in [0.717, 1.165) is 37.3 Å². The number of nitrogens with one attached hydrogen (secondary N) is 1. The molecule has 0 spiro atoms. The van der Waals surface area contributed by atoms with Crippen LogP contribution >= 0.6 is 0 Å². The third-order valence-electron chi connectivity index (χ3n) is 5.20. The van der Waals surface area contributed by atoms with Gasteiger partial charge in [-0.1, -0.05) is 38.7 Å². The molecule has 6 heteroatoms. The van der Waals surface area contributed by atoms with Crippen LogP contribution in [0.2, 0.25) is 0 Å². The molecule has 1 aromatic heterocycles. The summed E-state index contributed by atoms with van der Waals surface area (Å²) < 4.78 is 4.93. The number of ether oxygens (including phenoxy) is 1. The molecule has 136 valence electrons. The topological polar surface area (TPSA) is 67.3 Å². The fourth-order valence-corrected chi connectivity index (χ4v) is 3.79. The van der Waals surface area contributed by atoms with Gasteiger partial charge in [0, 0.05) is 25.2 Å². The smallest absolute Gasteiger partial charge is 0.336 e. The lowest BCUT2D eigenvalue weighted by Gasteiger charge is -2.24. The van der Waals surface area contributed by atoms with Gasteiger partial charge in [0.2, 0.25) is 5.88 Å². The Kier molecular flexibility index (Phi) is 6.39. The monoisotopic (exact) mass is 344 g/mol. The van der Waals surface area contributed by atoms with Crippen molar-refractivity contribution in [3.05, 3.63) is 25.0 Å². The summed E-state index contributed by atoms with van der Waals surface area (Å²) >= 11 is 0. The Bertz CT molecular complexity index is 569. The Morgan fingerprint density at radius 3 is 2.84 bits per heavy atom. The minimum atomic E-state index is -0.528. The molecule has 1 aliphatic carbocycles. The van der Waals surface area contributed by atoms with Gasteiger partial charge >= 0.3 is 5.97 Å². The molecule has 2 aliphatic rings. The van der Waals surface area contributed by atoms with Gasteiger partial charge in [-0.05, 0) is 25.3 Å². The van der Waals surface area contributed by atoms with Gasteiger partial charge in [-0.15, -0.1) is 0 Å². The van der Waals surface area contributed by atoms with Crippen molar-refractivity contribution in [2.45, 2.75) is 51.0 Å². The lowest BCUT2D eigenvalue weighted by atomic mass is 9.87. The molecule has 0 aromatic carbocycles. The van der Waals surface area contributed by atoms with E-state index in [1.54, 1.807) is 6.20 Å². The highest BCUT2D eigenvalue weighted by atomic mass is 16.5. The quantitative estimate of drug-likeness (QED) is 0.606. The molecule has 0 radical (unpaired) electrons. The van der Waals surface area contributed by atoms with Crippen molar-refractivity contribution in [1.82, 2.24) is 14.9 Å². The maximum Gasteiger partial charge on any atom is 0.336 e. The second-order valence-electron chi connectivity index (χ2n) is 7.09. The van der Waals surface area contributed by atoms with Crippen molar-refractivity contribution in [3.8, 4) is 5.88 Å². The largest absolute Gasteiger partial charge is 0.403 e. The Balaban J connectivity index is 1.40. The molecular weight excluding hydrogens is 316 g/mol. The van der Waals surface area contributed by atoms with Crippen LogP contribution in [0.5, 0.6) is 5.88 Å². The Hall–Kier alpha value is -1.95. The lowest BCUT2D eigenvalue weighted by molar-refractivity contribution is -0.129. The van der Waals surface area contributed by atoms with E-state index in [4.69, 9.17) is 4.74 Å². The number of rotatable bonds is 7. The van der Waals surface area contributed by atoms with Gasteiger partial charge < -0.3 is 15.0 Å². The number of carbonyl (C=O) groups is 1. The van der Waals surface area contributed by atoms with Crippen LogP contribution in [0.4, 0.5) is 5.82 Å². The Morgan fingerprint density at radius 2 is 2.12 bits per heavy atom. The molecule has 1 unspecified atom stereocenters. The number of carbonyl (C=O) groups excluding carboxylic acids is 1. The van der Waals surface area contributed by atoms with E-state index >= 15 is 0 Å². The van der Waals surface area contributed by atoms with Crippen LogP contribution in [0.1, 0.15) is 44.9 Å². The van der Waals surface area contributed by atoms with E-state index < -0.39 is 5.97 Å². The van der Waals surface area contributed by atoms with Crippen LogP contribution in [0.3, 0.4) is 0 Å².